The normalized spacial score (nSPS) is 39.4. The topological polar surface area (TPSA) is 78.9 Å². The SMILES string of the molecule is C=CC.CC1(C)C(c2ccc(C(=O)O)cc2)=CCC2(C)C1CCC1(C)C2CCC2C3CCCC3(C(=O)NCCN3CCOCC3)CC[C@]21C. The van der Waals surface area contributed by atoms with Gasteiger partial charge >= 0.3 is 5.97 Å². The molecule has 5 fully saturated rings. The first kappa shape index (κ1) is 36.4. The Morgan fingerprint density at radius 1 is 0.918 bits per heavy atom. The number of nitrogens with one attached hydrogen (secondary N) is 1. The molecule has 2 N–H and O–H groups in total. The fraction of sp³-hybridized carbons (Fsp3) is 0.721. The van der Waals surface area contributed by atoms with Gasteiger partial charge in [0.05, 0.1) is 24.2 Å². The van der Waals surface area contributed by atoms with Crippen LogP contribution in [0.5, 0.6) is 0 Å². The summed E-state index contributed by atoms with van der Waals surface area (Å²) >= 11 is 0. The zero-order valence-electron chi connectivity index (χ0n) is 31.4. The van der Waals surface area contributed by atoms with Gasteiger partial charge in [-0.2, -0.15) is 0 Å². The molecule has 0 aromatic heterocycles. The summed E-state index contributed by atoms with van der Waals surface area (Å²) in [5.41, 5.74) is 3.53. The van der Waals surface area contributed by atoms with Crippen LogP contribution in [-0.4, -0.2) is 61.3 Å². The Hall–Kier alpha value is -2.44. The molecule has 7 unspecified atom stereocenters. The minimum absolute atomic E-state index is 0.0172. The highest BCUT2D eigenvalue weighted by Crippen LogP contribution is 2.77. The molecule has 1 aliphatic heterocycles. The van der Waals surface area contributed by atoms with Crippen LogP contribution in [0, 0.1) is 50.7 Å². The summed E-state index contributed by atoms with van der Waals surface area (Å²) in [4.78, 5) is 28.0. The Balaban J connectivity index is 0.00000134. The van der Waals surface area contributed by atoms with E-state index in [1.807, 2.05) is 19.1 Å². The van der Waals surface area contributed by atoms with E-state index in [1.165, 1.54) is 56.1 Å². The molecular weight excluding hydrogens is 608 g/mol. The Labute approximate surface area is 296 Å². The molecule has 6 heteroatoms. The van der Waals surface area contributed by atoms with Gasteiger partial charge in [-0.05, 0) is 133 Å². The first-order valence-corrected chi connectivity index (χ1v) is 19.5. The molecule has 5 aliphatic carbocycles. The number of carboxylic acids is 1. The van der Waals surface area contributed by atoms with Crippen molar-refractivity contribution in [2.24, 2.45) is 50.7 Å². The standard InChI is InChI=1S/C40H58N2O4.C3H6/c1-36(2)29(27-8-10-28(11-9-27)34(43)44)14-17-37(3)32(36)15-18-39(5)33(37)13-12-30-31-7-6-16-40(31,20-19-38(30,39)4)35(45)41-21-22-42-23-25-46-26-24-42;1-3-2/h8-11,14,30-33H,6-7,12-13,15-26H2,1-5H3,(H,41,45)(H,43,44);3H,1H2,2H3/t30?,31?,32?,33?,37?,38-,39?,40?;/m1./s1. The molecule has 1 aromatic carbocycles. The largest absolute Gasteiger partial charge is 0.478 e. The first-order valence-electron chi connectivity index (χ1n) is 19.5. The van der Waals surface area contributed by atoms with Gasteiger partial charge in [-0.1, -0.05) is 65.3 Å². The molecule has 0 bridgehead atoms. The predicted molar refractivity (Wildman–Crippen MR) is 198 cm³/mol. The van der Waals surface area contributed by atoms with E-state index >= 15 is 0 Å². The van der Waals surface area contributed by atoms with Crippen molar-refractivity contribution in [2.75, 3.05) is 39.4 Å². The summed E-state index contributed by atoms with van der Waals surface area (Å²) < 4.78 is 5.51. The van der Waals surface area contributed by atoms with E-state index in [-0.39, 0.29) is 27.1 Å². The third-order valence-corrected chi connectivity index (χ3v) is 15.7. The maximum Gasteiger partial charge on any atom is 0.335 e. The molecule has 7 rings (SSSR count). The van der Waals surface area contributed by atoms with Crippen molar-refractivity contribution >= 4 is 17.4 Å². The van der Waals surface area contributed by atoms with E-state index in [2.05, 4.69) is 57.5 Å². The number of ether oxygens (including phenoxy) is 1. The number of hydrogen-bond acceptors (Lipinski definition) is 4. The van der Waals surface area contributed by atoms with Crippen LogP contribution in [0.15, 0.2) is 43.0 Å². The second kappa shape index (κ2) is 13.6. The van der Waals surface area contributed by atoms with E-state index in [0.717, 1.165) is 58.7 Å². The van der Waals surface area contributed by atoms with E-state index in [4.69, 9.17) is 4.74 Å². The van der Waals surface area contributed by atoms with Crippen molar-refractivity contribution in [3.8, 4) is 0 Å². The summed E-state index contributed by atoms with van der Waals surface area (Å²) in [6.45, 7) is 23.3. The number of aromatic carboxylic acids is 1. The molecule has 6 nitrogen and oxygen atoms in total. The number of amides is 1. The van der Waals surface area contributed by atoms with Crippen LogP contribution in [0.25, 0.3) is 5.57 Å². The number of morpholine rings is 1. The molecule has 1 heterocycles. The van der Waals surface area contributed by atoms with Gasteiger partial charge in [0, 0.05) is 26.2 Å². The molecular formula is C43H64N2O4. The van der Waals surface area contributed by atoms with E-state index in [0.29, 0.717) is 35.1 Å². The van der Waals surface area contributed by atoms with Crippen LogP contribution in [0.3, 0.4) is 0 Å². The number of carbonyl (C=O) groups excluding carboxylic acids is 1. The van der Waals surface area contributed by atoms with Crippen LogP contribution in [0.2, 0.25) is 0 Å². The lowest BCUT2D eigenvalue weighted by Gasteiger charge is -2.72. The van der Waals surface area contributed by atoms with Crippen molar-refractivity contribution in [3.05, 3.63) is 54.1 Å². The minimum Gasteiger partial charge on any atom is -0.478 e. The zero-order valence-corrected chi connectivity index (χ0v) is 31.4. The van der Waals surface area contributed by atoms with Crippen LogP contribution < -0.4 is 5.32 Å². The number of carbonyl (C=O) groups is 2. The monoisotopic (exact) mass is 672 g/mol. The van der Waals surface area contributed by atoms with E-state index < -0.39 is 5.97 Å². The number of fused-ring (bicyclic) bond motifs is 7. The van der Waals surface area contributed by atoms with Crippen molar-refractivity contribution in [2.45, 2.75) is 106 Å². The number of hydrogen-bond donors (Lipinski definition) is 2. The molecule has 6 aliphatic rings. The Kier molecular flexibility index (Phi) is 10.1. The quantitative estimate of drug-likeness (QED) is 0.295. The van der Waals surface area contributed by atoms with Crippen molar-refractivity contribution < 1.29 is 19.4 Å². The molecule has 4 saturated carbocycles. The van der Waals surface area contributed by atoms with Gasteiger partial charge in [0.15, 0.2) is 0 Å². The van der Waals surface area contributed by atoms with Gasteiger partial charge in [0.2, 0.25) is 5.91 Å². The van der Waals surface area contributed by atoms with Crippen LogP contribution in [-0.2, 0) is 9.53 Å². The van der Waals surface area contributed by atoms with Gasteiger partial charge < -0.3 is 15.2 Å². The first-order chi connectivity index (χ1) is 23.3. The van der Waals surface area contributed by atoms with Gasteiger partial charge in [-0.3, -0.25) is 9.69 Å². The Morgan fingerprint density at radius 3 is 2.29 bits per heavy atom. The summed E-state index contributed by atoms with van der Waals surface area (Å²) in [6.07, 6.45) is 16.1. The lowest BCUT2D eigenvalue weighted by molar-refractivity contribution is -0.222. The van der Waals surface area contributed by atoms with Crippen LogP contribution in [0.4, 0.5) is 0 Å². The highest BCUT2D eigenvalue weighted by atomic mass is 16.5. The number of rotatable bonds is 6. The van der Waals surface area contributed by atoms with Gasteiger partial charge in [0.1, 0.15) is 0 Å². The average molecular weight is 673 g/mol. The highest BCUT2D eigenvalue weighted by Gasteiger charge is 2.70. The summed E-state index contributed by atoms with van der Waals surface area (Å²) in [5.74, 6) is 1.89. The van der Waals surface area contributed by atoms with Gasteiger partial charge in [0.25, 0.3) is 0 Å². The zero-order chi connectivity index (χ0) is 35.2. The van der Waals surface area contributed by atoms with E-state index in [1.54, 1.807) is 18.2 Å². The lowest BCUT2D eigenvalue weighted by atomic mass is 9.32. The molecule has 1 amide bonds. The fourth-order valence-electron chi connectivity index (χ4n) is 13.2. The molecule has 8 atom stereocenters. The summed E-state index contributed by atoms with van der Waals surface area (Å²) in [5, 5.41) is 12.9. The van der Waals surface area contributed by atoms with Gasteiger partial charge in [-0.25, -0.2) is 4.79 Å². The maximum atomic E-state index is 14.1. The third-order valence-electron chi connectivity index (χ3n) is 15.7. The second-order valence-electron chi connectivity index (χ2n) is 17.9. The average Bonchev–Trinajstić information content (AvgIpc) is 3.51. The molecule has 0 radical (unpaired) electrons. The number of allylic oxidation sites excluding steroid dienone is 3. The fourth-order valence-corrected chi connectivity index (χ4v) is 13.2. The van der Waals surface area contributed by atoms with Crippen molar-refractivity contribution in [1.82, 2.24) is 10.2 Å². The molecule has 1 aromatic rings. The number of benzene rings is 1. The maximum absolute atomic E-state index is 14.1. The van der Waals surface area contributed by atoms with Crippen molar-refractivity contribution in [1.29, 1.82) is 0 Å². The highest BCUT2D eigenvalue weighted by molar-refractivity contribution is 5.88. The smallest absolute Gasteiger partial charge is 0.335 e. The lowest BCUT2D eigenvalue weighted by Crippen LogP contribution is -2.66. The predicted octanol–water partition coefficient (Wildman–Crippen LogP) is 8.87. The molecule has 1 saturated heterocycles. The molecule has 49 heavy (non-hydrogen) atoms. The Morgan fingerprint density at radius 2 is 1.61 bits per heavy atom. The van der Waals surface area contributed by atoms with Crippen LogP contribution >= 0.6 is 0 Å². The minimum atomic E-state index is -0.867. The summed E-state index contributed by atoms with van der Waals surface area (Å²) in [7, 11) is 0. The molecule has 0 spiro atoms. The number of nitrogens with zero attached hydrogens (tertiary/aromatic N) is 1. The third kappa shape index (κ3) is 5.85. The summed E-state index contributed by atoms with van der Waals surface area (Å²) in [6, 6.07) is 7.57. The van der Waals surface area contributed by atoms with Gasteiger partial charge in [-0.15, -0.1) is 6.58 Å². The second-order valence-corrected chi connectivity index (χ2v) is 17.9. The van der Waals surface area contributed by atoms with Crippen LogP contribution in [0.1, 0.15) is 122 Å². The number of carboxylic acid groups (broad SMARTS) is 1. The molecule has 270 valence electrons. The van der Waals surface area contributed by atoms with Crippen molar-refractivity contribution in [3.63, 3.8) is 0 Å². The van der Waals surface area contributed by atoms with E-state index in [9.17, 15) is 14.7 Å². The Bertz CT molecular complexity index is 1430.